The van der Waals surface area contributed by atoms with Crippen LogP contribution < -0.4 is 10.1 Å². The summed E-state index contributed by atoms with van der Waals surface area (Å²) >= 11 is 0. The molecule has 0 aromatic heterocycles. The molecule has 0 heterocycles. The molecule has 0 amide bonds. The highest BCUT2D eigenvalue weighted by Crippen LogP contribution is 2.18. The minimum absolute atomic E-state index is 0.270. The van der Waals surface area contributed by atoms with E-state index < -0.39 is 0 Å². The molecule has 1 atom stereocenters. The first-order chi connectivity index (χ1) is 9.77. The van der Waals surface area contributed by atoms with E-state index in [0.717, 1.165) is 25.3 Å². The summed E-state index contributed by atoms with van der Waals surface area (Å²) in [4.78, 5) is 0. The number of rotatable bonds is 11. The quantitative estimate of drug-likeness (QED) is 0.591. The summed E-state index contributed by atoms with van der Waals surface area (Å²) in [5, 5.41) is 3.53. The highest BCUT2D eigenvalue weighted by Gasteiger charge is 2.08. The molecule has 114 valence electrons. The average Bonchev–Trinajstić information content (AvgIpc) is 2.47. The second kappa shape index (κ2) is 10.7. The van der Waals surface area contributed by atoms with Crippen LogP contribution in [0.2, 0.25) is 0 Å². The minimum Gasteiger partial charge on any atom is -0.489 e. The van der Waals surface area contributed by atoms with Gasteiger partial charge in [0.1, 0.15) is 11.9 Å². The second-order valence-corrected chi connectivity index (χ2v) is 5.53. The molecule has 1 aromatic carbocycles. The van der Waals surface area contributed by atoms with E-state index in [0.29, 0.717) is 0 Å². The van der Waals surface area contributed by atoms with E-state index in [1.165, 1.54) is 37.7 Å². The maximum Gasteiger partial charge on any atom is 0.122 e. The number of aryl methyl sites for hydroxylation is 1. The fourth-order valence-electron chi connectivity index (χ4n) is 2.25. The lowest BCUT2D eigenvalue weighted by Crippen LogP contribution is -2.31. The van der Waals surface area contributed by atoms with Crippen LogP contribution in [-0.4, -0.2) is 19.2 Å². The van der Waals surface area contributed by atoms with Crippen LogP contribution in [0.15, 0.2) is 24.3 Å². The van der Waals surface area contributed by atoms with E-state index in [2.05, 4.69) is 44.3 Å². The lowest BCUT2D eigenvalue weighted by atomic mass is 10.1. The number of ether oxygens (including phenoxy) is 1. The van der Waals surface area contributed by atoms with Crippen molar-refractivity contribution in [3.63, 3.8) is 0 Å². The first-order valence-corrected chi connectivity index (χ1v) is 8.20. The predicted molar refractivity (Wildman–Crippen MR) is 87.5 cm³/mol. The highest BCUT2D eigenvalue weighted by atomic mass is 16.5. The Labute approximate surface area is 124 Å². The van der Waals surface area contributed by atoms with E-state index in [9.17, 15) is 0 Å². The lowest BCUT2D eigenvalue weighted by Gasteiger charge is -2.19. The van der Waals surface area contributed by atoms with Crippen molar-refractivity contribution in [3.05, 3.63) is 29.8 Å². The summed E-state index contributed by atoms with van der Waals surface area (Å²) in [6, 6.07) is 8.25. The molecule has 0 bridgehead atoms. The van der Waals surface area contributed by atoms with Crippen molar-refractivity contribution in [1.29, 1.82) is 0 Å². The molecule has 0 saturated carbocycles. The third kappa shape index (κ3) is 6.95. The second-order valence-electron chi connectivity index (χ2n) is 5.53. The van der Waals surface area contributed by atoms with Gasteiger partial charge >= 0.3 is 0 Å². The molecule has 2 heteroatoms. The van der Waals surface area contributed by atoms with Crippen LogP contribution >= 0.6 is 0 Å². The van der Waals surface area contributed by atoms with E-state index in [4.69, 9.17) is 4.74 Å². The summed E-state index contributed by atoms with van der Waals surface area (Å²) in [6.07, 6.45) is 7.99. The molecule has 0 radical (unpaired) electrons. The average molecular weight is 277 g/mol. The predicted octanol–water partition coefficient (Wildman–Crippen LogP) is 4.71. The van der Waals surface area contributed by atoms with Crippen molar-refractivity contribution in [1.82, 2.24) is 5.32 Å². The molecule has 0 aliphatic heterocycles. The Morgan fingerprint density at radius 1 is 1.05 bits per heavy atom. The molecular formula is C18H31NO. The molecule has 0 spiro atoms. The van der Waals surface area contributed by atoms with E-state index in [1.807, 2.05) is 6.07 Å². The Bertz CT molecular complexity index is 351. The van der Waals surface area contributed by atoms with E-state index >= 15 is 0 Å². The van der Waals surface area contributed by atoms with Gasteiger partial charge in [0.05, 0.1) is 0 Å². The third-order valence-corrected chi connectivity index (χ3v) is 3.67. The highest BCUT2D eigenvalue weighted by molar-refractivity contribution is 5.31. The number of hydrogen-bond donors (Lipinski definition) is 1. The van der Waals surface area contributed by atoms with Crippen LogP contribution in [-0.2, 0) is 0 Å². The van der Waals surface area contributed by atoms with Gasteiger partial charge in [-0.15, -0.1) is 0 Å². The minimum atomic E-state index is 0.270. The van der Waals surface area contributed by atoms with Crippen molar-refractivity contribution in [3.8, 4) is 5.75 Å². The van der Waals surface area contributed by atoms with Crippen LogP contribution in [0.1, 0.15) is 57.9 Å². The molecule has 0 aliphatic rings. The summed E-state index contributed by atoms with van der Waals surface area (Å²) in [5.41, 5.74) is 1.21. The van der Waals surface area contributed by atoms with Crippen LogP contribution in [0, 0.1) is 6.92 Å². The van der Waals surface area contributed by atoms with Gasteiger partial charge in [-0.3, -0.25) is 0 Å². The lowest BCUT2D eigenvalue weighted by molar-refractivity contribution is 0.192. The summed E-state index contributed by atoms with van der Waals surface area (Å²) in [5.74, 6) is 1.02. The number of unbranched alkanes of at least 4 members (excludes halogenated alkanes) is 4. The zero-order chi connectivity index (χ0) is 14.6. The Kier molecular flexibility index (Phi) is 9.14. The third-order valence-electron chi connectivity index (χ3n) is 3.67. The SMILES string of the molecule is CCCCCCCNCC(CC)Oc1ccccc1C. The molecule has 0 fully saturated rings. The number of benzene rings is 1. The topological polar surface area (TPSA) is 21.3 Å². The van der Waals surface area contributed by atoms with Crippen molar-refractivity contribution in [2.24, 2.45) is 0 Å². The van der Waals surface area contributed by atoms with Crippen molar-refractivity contribution < 1.29 is 4.74 Å². The van der Waals surface area contributed by atoms with Crippen LogP contribution in [0.5, 0.6) is 5.75 Å². The van der Waals surface area contributed by atoms with Gasteiger partial charge in [0.15, 0.2) is 0 Å². The Hall–Kier alpha value is -1.02. The largest absolute Gasteiger partial charge is 0.489 e. The van der Waals surface area contributed by atoms with E-state index in [-0.39, 0.29) is 6.10 Å². The first kappa shape index (κ1) is 17.0. The molecule has 1 rings (SSSR count). The summed E-state index contributed by atoms with van der Waals surface area (Å²) in [7, 11) is 0. The molecular weight excluding hydrogens is 246 g/mol. The Morgan fingerprint density at radius 3 is 2.50 bits per heavy atom. The molecule has 1 N–H and O–H groups in total. The molecule has 1 aromatic rings. The first-order valence-electron chi connectivity index (χ1n) is 8.20. The number of nitrogens with one attached hydrogen (secondary N) is 1. The fourth-order valence-corrected chi connectivity index (χ4v) is 2.25. The number of para-hydroxylation sites is 1. The summed E-state index contributed by atoms with van der Waals surface area (Å²) in [6.45, 7) is 8.60. The normalized spacial score (nSPS) is 12.3. The maximum absolute atomic E-state index is 6.08. The van der Waals surface area contributed by atoms with Crippen molar-refractivity contribution >= 4 is 0 Å². The summed E-state index contributed by atoms with van der Waals surface area (Å²) < 4.78 is 6.08. The molecule has 0 saturated heterocycles. The molecule has 20 heavy (non-hydrogen) atoms. The van der Waals surface area contributed by atoms with Gasteiger partial charge in [0.25, 0.3) is 0 Å². The van der Waals surface area contributed by atoms with Crippen LogP contribution in [0.4, 0.5) is 0 Å². The van der Waals surface area contributed by atoms with Gasteiger partial charge in [-0.2, -0.15) is 0 Å². The molecule has 1 unspecified atom stereocenters. The van der Waals surface area contributed by atoms with E-state index in [1.54, 1.807) is 0 Å². The Morgan fingerprint density at radius 2 is 1.80 bits per heavy atom. The standard InChI is InChI=1S/C18H31NO/c1-4-6-7-8-11-14-19-15-17(5-2)20-18-13-10-9-12-16(18)3/h9-10,12-13,17,19H,4-8,11,14-15H2,1-3H3. The van der Waals surface area contributed by atoms with Crippen LogP contribution in [0.25, 0.3) is 0 Å². The zero-order valence-electron chi connectivity index (χ0n) is 13.5. The zero-order valence-corrected chi connectivity index (χ0v) is 13.5. The van der Waals surface area contributed by atoms with Gasteiger partial charge in [-0.1, -0.05) is 57.7 Å². The van der Waals surface area contributed by atoms with Gasteiger partial charge < -0.3 is 10.1 Å². The molecule has 2 nitrogen and oxygen atoms in total. The maximum atomic E-state index is 6.08. The van der Waals surface area contributed by atoms with Crippen LogP contribution in [0.3, 0.4) is 0 Å². The van der Waals surface area contributed by atoms with Crippen molar-refractivity contribution in [2.75, 3.05) is 13.1 Å². The van der Waals surface area contributed by atoms with Gasteiger partial charge in [0.2, 0.25) is 0 Å². The number of hydrogen-bond acceptors (Lipinski definition) is 2. The smallest absolute Gasteiger partial charge is 0.122 e. The van der Waals surface area contributed by atoms with Gasteiger partial charge in [-0.05, 0) is 37.9 Å². The molecule has 0 aliphatic carbocycles. The van der Waals surface area contributed by atoms with Gasteiger partial charge in [0, 0.05) is 6.54 Å². The fraction of sp³-hybridized carbons (Fsp3) is 0.667. The monoisotopic (exact) mass is 277 g/mol. The van der Waals surface area contributed by atoms with Gasteiger partial charge in [-0.25, -0.2) is 0 Å². The van der Waals surface area contributed by atoms with Crippen molar-refractivity contribution in [2.45, 2.75) is 65.4 Å². The Balaban J connectivity index is 2.18.